The number of benzene rings is 2. The number of nitrogens with zero attached hydrogens (tertiary/aromatic N) is 2. The predicted octanol–water partition coefficient (Wildman–Crippen LogP) is 3.91. The Morgan fingerprint density at radius 3 is 2.75 bits per heavy atom. The van der Waals surface area contributed by atoms with E-state index in [1.54, 1.807) is 18.2 Å². The number of halogens is 1. The Bertz CT molecular complexity index is 909. The number of carbonyl (C=O) groups excluding carboxylic acids is 1. The number of hydrogen-bond acceptors (Lipinski definition) is 4. The summed E-state index contributed by atoms with van der Waals surface area (Å²) in [7, 11) is 0. The highest BCUT2D eigenvalue weighted by Gasteiger charge is 2.22. The molecule has 0 fully saturated rings. The van der Waals surface area contributed by atoms with Crippen molar-refractivity contribution < 1.29 is 9.18 Å². The Balaban J connectivity index is 1.67. The number of anilines is 2. The van der Waals surface area contributed by atoms with Crippen molar-refractivity contribution in [3.8, 4) is 11.3 Å². The van der Waals surface area contributed by atoms with Crippen LogP contribution in [0.25, 0.3) is 11.3 Å². The van der Waals surface area contributed by atoms with Crippen LogP contribution in [0, 0.1) is 5.82 Å². The molecule has 0 saturated heterocycles. The Morgan fingerprint density at radius 2 is 1.88 bits per heavy atom. The molecule has 2 aromatic carbocycles. The first-order valence-corrected chi connectivity index (χ1v) is 8.42. The molecule has 24 heavy (non-hydrogen) atoms. The number of hydrogen-bond donors (Lipinski definition) is 1. The molecule has 1 aliphatic rings. The normalized spacial score (nSPS) is 14.0. The van der Waals surface area contributed by atoms with Gasteiger partial charge in [0.2, 0.25) is 5.91 Å². The minimum atomic E-state index is -0.298. The topological polar surface area (TPSA) is 45.2 Å². The lowest BCUT2D eigenvalue weighted by Gasteiger charge is -2.18. The Hall–Kier alpha value is -2.73. The summed E-state index contributed by atoms with van der Waals surface area (Å²) in [6.45, 7) is 0.804. The zero-order valence-corrected chi connectivity index (χ0v) is 13.5. The number of nitrogens with one attached hydrogen (secondary N) is 1. The van der Waals surface area contributed by atoms with Crippen LogP contribution in [0.15, 0.2) is 53.9 Å². The van der Waals surface area contributed by atoms with Gasteiger partial charge in [0.1, 0.15) is 5.82 Å². The van der Waals surface area contributed by atoms with Crippen LogP contribution in [0.4, 0.5) is 15.2 Å². The SMILES string of the molecule is O=C1CN(c2nc(-c3ccccc3F)cs2)Cc2ccccc2N1. The third-order valence-corrected chi connectivity index (χ3v) is 4.80. The van der Waals surface area contributed by atoms with Crippen molar-refractivity contribution in [1.82, 2.24) is 4.98 Å². The number of amides is 1. The predicted molar refractivity (Wildman–Crippen MR) is 93.6 cm³/mol. The first kappa shape index (κ1) is 14.8. The van der Waals surface area contributed by atoms with Crippen LogP contribution in [0.3, 0.4) is 0 Å². The molecular formula is C18H14FN3OS. The summed E-state index contributed by atoms with van der Waals surface area (Å²) in [5.74, 6) is -0.379. The largest absolute Gasteiger partial charge is 0.334 e. The summed E-state index contributed by atoms with van der Waals surface area (Å²) >= 11 is 1.41. The van der Waals surface area contributed by atoms with Gasteiger partial charge < -0.3 is 10.2 Å². The molecule has 4 nitrogen and oxygen atoms in total. The Kier molecular flexibility index (Phi) is 3.74. The van der Waals surface area contributed by atoms with E-state index in [9.17, 15) is 9.18 Å². The van der Waals surface area contributed by atoms with Gasteiger partial charge in [-0.15, -0.1) is 11.3 Å². The summed E-state index contributed by atoms with van der Waals surface area (Å²) in [5.41, 5.74) is 2.92. The third kappa shape index (κ3) is 2.76. The van der Waals surface area contributed by atoms with Crippen molar-refractivity contribution in [2.24, 2.45) is 0 Å². The van der Waals surface area contributed by atoms with E-state index in [0.29, 0.717) is 22.9 Å². The van der Waals surface area contributed by atoms with Gasteiger partial charge >= 0.3 is 0 Å². The van der Waals surface area contributed by atoms with Crippen LogP contribution in [0.5, 0.6) is 0 Å². The van der Waals surface area contributed by atoms with Crippen LogP contribution < -0.4 is 10.2 Å². The molecule has 1 N–H and O–H groups in total. The lowest BCUT2D eigenvalue weighted by molar-refractivity contribution is -0.114. The number of thiazole rings is 1. The number of fused-ring (bicyclic) bond motifs is 1. The van der Waals surface area contributed by atoms with Crippen LogP contribution in [-0.4, -0.2) is 17.4 Å². The van der Waals surface area contributed by atoms with Crippen LogP contribution >= 0.6 is 11.3 Å². The van der Waals surface area contributed by atoms with Crippen molar-refractivity contribution >= 4 is 28.1 Å². The van der Waals surface area contributed by atoms with E-state index >= 15 is 0 Å². The first-order chi connectivity index (χ1) is 11.7. The van der Waals surface area contributed by atoms with E-state index in [-0.39, 0.29) is 18.3 Å². The molecular weight excluding hydrogens is 325 g/mol. The van der Waals surface area contributed by atoms with Gasteiger partial charge in [0.05, 0.1) is 12.2 Å². The average molecular weight is 339 g/mol. The van der Waals surface area contributed by atoms with E-state index in [1.165, 1.54) is 17.4 Å². The zero-order valence-electron chi connectivity index (χ0n) is 12.7. The highest BCUT2D eigenvalue weighted by Crippen LogP contribution is 2.31. The fraction of sp³-hybridized carbons (Fsp3) is 0.111. The number of carbonyl (C=O) groups is 1. The molecule has 120 valence electrons. The summed E-state index contributed by atoms with van der Waals surface area (Å²) in [4.78, 5) is 18.6. The van der Waals surface area contributed by atoms with E-state index in [4.69, 9.17) is 0 Å². The first-order valence-electron chi connectivity index (χ1n) is 7.54. The molecule has 1 aliphatic heterocycles. The average Bonchev–Trinajstić information content (AvgIpc) is 2.99. The maximum atomic E-state index is 13.9. The van der Waals surface area contributed by atoms with Gasteiger partial charge in [0, 0.05) is 23.2 Å². The Morgan fingerprint density at radius 1 is 1.08 bits per heavy atom. The fourth-order valence-corrected chi connectivity index (χ4v) is 3.57. The maximum Gasteiger partial charge on any atom is 0.244 e. The minimum absolute atomic E-state index is 0.0809. The molecule has 0 atom stereocenters. The second kappa shape index (κ2) is 6.05. The van der Waals surface area contributed by atoms with Gasteiger partial charge in [-0.25, -0.2) is 9.37 Å². The van der Waals surface area contributed by atoms with Crippen molar-refractivity contribution in [3.63, 3.8) is 0 Å². The molecule has 3 aromatic rings. The number of rotatable bonds is 2. The van der Waals surface area contributed by atoms with Gasteiger partial charge in [-0.05, 0) is 23.8 Å². The van der Waals surface area contributed by atoms with E-state index in [1.807, 2.05) is 34.5 Å². The van der Waals surface area contributed by atoms with Crippen molar-refractivity contribution in [2.45, 2.75) is 6.54 Å². The third-order valence-electron chi connectivity index (χ3n) is 3.90. The maximum absolute atomic E-state index is 13.9. The quantitative estimate of drug-likeness (QED) is 0.770. The summed E-state index contributed by atoms with van der Waals surface area (Å²) < 4.78 is 13.9. The van der Waals surface area contributed by atoms with Gasteiger partial charge in [-0.3, -0.25) is 4.79 Å². The fourth-order valence-electron chi connectivity index (χ4n) is 2.74. The van der Waals surface area contributed by atoms with E-state index in [0.717, 1.165) is 11.3 Å². The van der Waals surface area contributed by atoms with E-state index < -0.39 is 0 Å². The smallest absolute Gasteiger partial charge is 0.244 e. The number of para-hydroxylation sites is 1. The van der Waals surface area contributed by atoms with Gasteiger partial charge in [-0.2, -0.15) is 0 Å². The molecule has 1 amide bonds. The minimum Gasteiger partial charge on any atom is -0.334 e. The second-order valence-electron chi connectivity index (χ2n) is 5.56. The van der Waals surface area contributed by atoms with E-state index in [2.05, 4.69) is 10.3 Å². The lowest BCUT2D eigenvalue weighted by atomic mass is 10.1. The standard InChI is InChI=1S/C18H14FN3OS/c19-14-7-3-2-6-13(14)16-11-24-18(21-16)22-9-12-5-1-4-8-15(12)20-17(23)10-22/h1-8,11H,9-10H2,(H,20,23). The highest BCUT2D eigenvalue weighted by atomic mass is 32.1. The van der Waals surface area contributed by atoms with Crippen molar-refractivity contribution in [2.75, 3.05) is 16.8 Å². The second-order valence-corrected chi connectivity index (χ2v) is 6.39. The molecule has 4 rings (SSSR count). The summed E-state index contributed by atoms with van der Waals surface area (Å²) in [6.07, 6.45) is 0. The number of aromatic nitrogens is 1. The van der Waals surface area contributed by atoms with Crippen molar-refractivity contribution in [1.29, 1.82) is 0 Å². The molecule has 6 heteroatoms. The van der Waals surface area contributed by atoms with Crippen LogP contribution in [-0.2, 0) is 11.3 Å². The molecule has 0 unspecified atom stereocenters. The van der Waals surface area contributed by atoms with Crippen LogP contribution in [0.1, 0.15) is 5.56 Å². The molecule has 0 spiro atoms. The van der Waals surface area contributed by atoms with Gasteiger partial charge in [0.15, 0.2) is 5.13 Å². The molecule has 0 bridgehead atoms. The molecule has 2 heterocycles. The van der Waals surface area contributed by atoms with Gasteiger partial charge in [0.25, 0.3) is 0 Å². The lowest BCUT2D eigenvalue weighted by Crippen LogP contribution is -2.29. The zero-order chi connectivity index (χ0) is 16.5. The Labute approximate surface area is 142 Å². The monoisotopic (exact) mass is 339 g/mol. The van der Waals surface area contributed by atoms with Crippen molar-refractivity contribution in [3.05, 3.63) is 65.3 Å². The summed E-state index contributed by atoms with van der Waals surface area (Å²) in [5, 5.41) is 5.44. The molecule has 1 aromatic heterocycles. The van der Waals surface area contributed by atoms with Gasteiger partial charge in [-0.1, -0.05) is 30.3 Å². The highest BCUT2D eigenvalue weighted by molar-refractivity contribution is 7.14. The molecule has 0 radical (unpaired) electrons. The van der Waals surface area contributed by atoms with Crippen LogP contribution in [0.2, 0.25) is 0 Å². The molecule has 0 aliphatic carbocycles. The molecule has 0 saturated carbocycles. The summed E-state index contributed by atoms with van der Waals surface area (Å²) in [6, 6.07) is 14.3.